The van der Waals surface area contributed by atoms with Gasteiger partial charge < -0.3 is 11.1 Å². The zero-order valence-electron chi connectivity index (χ0n) is 10.7. The molecule has 0 aliphatic heterocycles. The van der Waals surface area contributed by atoms with Gasteiger partial charge in [-0.05, 0) is 59.1 Å². The predicted molar refractivity (Wildman–Crippen MR) is 82.5 cm³/mol. The molecule has 0 bridgehead atoms. The average Bonchev–Trinajstić information content (AvgIpc) is 2.82. The minimum Gasteiger partial charge on any atom is -0.399 e. The molecule has 0 spiro atoms. The molecule has 96 valence electrons. The molecule has 4 heteroatoms. The van der Waals surface area contributed by atoms with Crippen molar-refractivity contribution in [2.75, 3.05) is 11.1 Å². The maximum Gasteiger partial charge on any atom is 0.126 e. The van der Waals surface area contributed by atoms with E-state index >= 15 is 0 Å². The largest absolute Gasteiger partial charge is 0.399 e. The van der Waals surface area contributed by atoms with Crippen molar-refractivity contribution in [3.8, 4) is 0 Å². The fourth-order valence-corrected chi connectivity index (χ4v) is 2.85. The zero-order valence-corrected chi connectivity index (χ0v) is 11.5. The van der Waals surface area contributed by atoms with Crippen LogP contribution in [0.15, 0.2) is 41.1 Å². The van der Waals surface area contributed by atoms with Crippen molar-refractivity contribution >= 4 is 33.7 Å². The molecule has 1 aromatic carbocycles. The van der Waals surface area contributed by atoms with E-state index in [-0.39, 0.29) is 0 Å². The minimum absolute atomic E-state index is 0.768. The predicted octanol–water partition coefficient (Wildman–Crippen LogP) is 3.80. The Kier molecular flexibility index (Phi) is 3.09. The summed E-state index contributed by atoms with van der Waals surface area (Å²) in [6.45, 7) is 2.94. The first-order chi connectivity index (χ1) is 9.22. The summed E-state index contributed by atoms with van der Waals surface area (Å²) < 4.78 is 0. The van der Waals surface area contributed by atoms with E-state index in [4.69, 9.17) is 5.73 Å². The van der Waals surface area contributed by atoms with Crippen LogP contribution in [0.4, 0.5) is 11.5 Å². The van der Waals surface area contributed by atoms with Gasteiger partial charge in [-0.3, -0.25) is 0 Å². The molecule has 0 saturated carbocycles. The second kappa shape index (κ2) is 4.90. The first-order valence-electron chi connectivity index (χ1n) is 6.14. The topological polar surface area (TPSA) is 50.9 Å². The number of nitrogens with two attached hydrogens (primary N) is 1. The Morgan fingerprint density at radius 1 is 1.21 bits per heavy atom. The Bertz CT molecular complexity index is 718. The van der Waals surface area contributed by atoms with Crippen LogP contribution >= 0.6 is 11.3 Å². The van der Waals surface area contributed by atoms with Gasteiger partial charge in [-0.25, -0.2) is 4.98 Å². The van der Waals surface area contributed by atoms with E-state index in [1.165, 1.54) is 11.1 Å². The van der Waals surface area contributed by atoms with Crippen molar-refractivity contribution in [3.05, 3.63) is 52.2 Å². The molecule has 0 aliphatic rings. The molecule has 0 unspecified atom stereocenters. The lowest BCUT2D eigenvalue weighted by molar-refractivity contribution is 1.11. The molecule has 2 aromatic heterocycles. The number of fused-ring (bicyclic) bond motifs is 1. The Morgan fingerprint density at radius 2 is 2.11 bits per heavy atom. The van der Waals surface area contributed by atoms with Crippen LogP contribution in [0.25, 0.3) is 10.9 Å². The van der Waals surface area contributed by atoms with Crippen molar-refractivity contribution in [2.24, 2.45) is 0 Å². The van der Waals surface area contributed by atoms with Gasteiger partial charge in [-0.1, -0.05) is 0 Å². The SMILES string of the molecule is Cc1cscc1CNc1ccc2cc(N)ccc2n1. The Labute approximate surface area is 116 Å². The van der Waals surface area contributed by atoms with E-state index in [1.54, 1.807) is 11.3 Å². The van der Waals surface area contributed by atoms with Crippen LogP contribution in [-0.2, 0) is 6.54 Å². The molecular weight excluding hydrogens is 254 g/mol. The Hall–Kier alpha value is -2.07. The fourth-order valence-electron chi connectivity index (χ4n) is 2.00. The molecule has 3 rings (SSSR count). The Morgan fingerprint density at radius 3 is 2.89 bits per heavy atom. The van der Waals surface area contributed by atoms with Gasteiger partial charge in [0.25, 0.3) is 0 Å². The van der Waals surface area contributed by atoms with E-state index < -0.39 is 0 Å². The van der Waals surface area contributed by atoms with Crippen molar-refractivity contribution in [2.45, 2.75) is 13.5 Å². The van der Waals surface area contributed by atoms with Crippen LogP contribution in [0, 0.1) is 6.92 Å². The van der Waals surface area contributed by atoms with E-state index in [0.29, 0.717) is 0 Å². The molecule has 0 radical (unpaired) electrons. The zero-order chi connectivity index (χ0) is 13.2. The second-order valence-corrected chi connectivity index (χ2v) is 5.33. The lowest BCUT2D eigenvalue weighted by Crippen LogP contribution is -2.01. The van der Waals surface area contributed by atoms with Crippen molar-refractivity contribution < 1.29 is 0 Å². The number of anilines is 2. The molecular formula is C15H15N3S. The highest BCUT2D eigenvalue weighted by molar-refractivity contribution is 7.08. The van der Waals surface area contributed by atoms with Gasteiger partial charge >= 0.3 is 0 Å². The molecule has 0 amide bonds. The highest BCUT2D eigenvalue weighted by Crippen LogP contribution is 2.19. The van der Waals surface area contributed by atoms with Gasteiger partial charge in [0.2, 0.25) is 0 Å². The molecule has 0 saturated heterocycles. The third kappa shape index (κ3) is 2.53. The van der Waals surface area contributed by atoms with Gasteiger partial charge in [0.15, 0.2) is 0 Å². The quantitative estimate of drug-likeness (QED) is 0.711. The summed E-state index contributed by atoms with van der Waals surface area (Å²) in [4.78, 5) is 4.58. The first kappa shape index (κ1) is 12.0. The van der Waals surface area contributed by atoms with Gasteiger partial charge in [0.05, 0.1) is 5.52 Å². The number of nitrogens with zero attached hydrogens (tertiary/aromatic N) is 1. The highest BCUT2D eigenvalue weighted by Gasteiger charge is 2.01. The summed E-state index contributed by atoms with van der Waals surface area (Å²) in [7, 11) is 0. The smallest absolute Gasteiger partial charge is 0.126 e. The van der Waals surface area contributed by atoms with Crippen LogP contribution < -0.4 is 11.1 Å². The number of rotatable bonds is 3. The third-order valence-electron chi connectivity index (χ3n) is 3.13. The normalized spacial score (nSPS) is 10.8. The van der Waals surface area contributed by atoms with Crippen LogP contribution in [0.5, 0.6) is 0 Å². The highest BCUT2D eigenvalue weighted by atomic mass is 32.1. The monoisotopic (exact) mass is 269 g/mol. The molecule has 0 atom stereocenters. The maximum atomic E-state index is 5.76. The van der Waals surface area contributed by atoms with E-state index in [9.17, 15) is 0 Å². The standard InChI is InChI=1S/C15H15N3S/c1-10-8-19-9-12(10)7-17-15-5-2-11-6-13(16)3-4-14(11)18-15/h2-6,8-9H,7,16H2,1H3,(H,17,18). The van der Waals surface area contributed by atoms with Gasteiger partial charge in [-0.2, -0.15) is 11.3 Å². The van der Waals surface area contributed by atoms with Crippen LogP contribution in [0.2, 0.25) is 0 Å². The van der Waals surface area contributed by atoms with E-state index in [0.717, 1.165) is 29.0 Å². The first-order valence-corrected chi connectivity index (χ1v) is 7.08. The number of hydrogen-bond donors (Lipinski definition) is 2. The van der Waals surface area contributed by atoms with E-state index in [2.05, 4.69) is 28.0 Å². The number of thiophene rings is 1. The molecule has 2 heterocycles. The summed E-state index contributed by atoms with van der Waals surface area (Å²) in [6.07, 6.45) is 0. The number of nitrogen functional groups attached to an aromatic ring is 1. The molecule has 3 nitrogen and oxygen atoms in total. The lowest BCUT2D eigenvalue weighted by Gasteiger charge is -2.07. The number of aromatic nitrogens is 1. The molecule has 19 heavy (non-hydrogen) atoms. The van der Waals surface area contributed by atoms with Crippen molar-refractivity contribution in [1.82, 2.24) is 4.98 Å². The van der Waals surface area contributed by atoms with E-state index in [1.807, 2.05) is 30.3 Å². The Balaban J connectivity index is 1.82. The molecule has 0 fully saturated rings. The average molecular weight is 269 g/mol. The molecule has 0 aliphatic carbocycles. The lowest BCUT2D eigenvalue weighted by atomic mass is 10.2. The van der Waals surface area contributed by atoms with Crippen LogP contribution in [-0.4, -0.2) is 4.98 Å². The van der Waals surface area contributed by atoms with Gasteiger partial charge in [-0.15, -0.1) is 0 Å². The minimum atomic E-state index is 0.768. The second-order valence-electron chi connectivity index (χ2n) is 4.58. The third-order valence-corrected chi connectivity index (χ3v) is 4.05. The summed E-state index contributed by atoms with van der Waals surface area (Å²) in [5.74, 6) is 0.892. The number of nitrogens with one attached hydrogen (secondary N) is 1. The maximum absolute atomic E-state index is 5.76. The van der Waals surface area contributed by atoms with Crippen molar-refractivity contribution in [3.63, 3.8) is 0 Å². The summed E-state index contributed by atoms with van der Waals surface area (Å²) in [5.41, 5.74) is 10.1. The summed E-state index contributed by atoms with van der Waals surface area (Å²) in [6, 6.07) is 9.80. The number of hydrogen-bond acceptors (Lipinski definition) is 4. The van der Waals surface area contributed by atoms with Crippen molar-refractivity contribution in [1.29, 1.82) is 0 Å². The van der Waals surface area contributed by atoms with Crippen LogP contribution in [0.1, 0.15) is 11.1 Å². The number of benzene rings is 1. The van der Waals surface area contributed by atoms with Gasteiger partial charge in [0.1, 0.15) is 5.82 Å². The van der Waals surface area contributed by atoms with Crippen LogP contribution in [0.3, 0.4) is 0 Å². The molecule has 3 aromatic rings. The molecule has 3 N–H and O–H groups in total. The number of aryl methyl sites for hydroxylation is 1. The van der Waals surface area contributed by atoms with Gasteiger partial charge in [0, 0.05) is 17.6 Å². The number of pyridine rings is 1. The summed E-state index contributed by atoms with van der Waals surface area (Å²) >= 11 is 1.73. The fraction of sp³-hybridized carbons (Fsp3) is 0.133. The summed E-state index contributed by atoms with van der Waals surface area (Å²) in [5, 5.41) is 8.76.